The van der Waals surface area contributed by atoms with Crippen molar-refractivity contribution in [3.8, 4) is 0 Å². The van der Waals surface area contributed by atoms with Gasteiger partial charge in [0.2, 0.25) is 0 Å². The largest absolute Gasteiger partial charge is 0.376 e. The van der Waals surface area contributed by atoms with E-state index in [4.69, 9.17) is 4.74 Å². The first-order valence-corrected chi connectivity index (χ1v) is 9.36. The number of likely N-dealkylation sites (tertiary alicyclic amines) is 2. The SMILES string of the molecule is O=C(c1cccs1)N1CC[C@H]2CO[C@H](CN3CCCC3)[C@H]2C1. The number of piperidine rings is 1. The van der Waals surface area contributed by atoms with E-state index in [1.807, 2.05) is 17.5 Å². The summed E-state index contributed by atoms with van der Waals surface area (Å²) in [6, 6.07) is 3.89. The molecule has 0 spiro atoms. The lowest BCUT2D eigenvalue weighted by Crippen LogP contribution is -2.47. The third kappa shape index (κ3) is 2.82. The molecule has 5 heteroatoms. The van der Waals surface area contributed by atoms with Crippen molar-refractivity contribution in [3.63, 3.8) is 0 Å². The molecule has 0 bridgehead atoms. The van der Waals surface area contributed by atoms with Gasteiger partial charge in [0.15, 0.2) is 0 Å². The second-order valence-corrected chi connectivity index (χ2v) is 7.77. The number of carbonyl (C=O) groups excluding carboxylic acids is 1. The highest BCUT2D eigenvalue weighted by molar-refractivity contribution is 7.12. The van der Waals surface area contributed by atoms with Crippen molar-refractivity contribution in [2.45, 2.75) is 25.4 Å². The number of thiophene rings is 1. The van der Waals surface area contributed by atoms with Crippen LogP contribution in [0.4, 0.5) is 0 Å². The van der Waals surface area contributed by atoms with E-state index >= 15 is 0 Å². The molecule has 22 heavy (non-hydrogen) atoms. The van der Waals surface area contributed by atoms with Gasteiger partial charge in [-0.05, 0) is 49.7 Å². The Labute approximate surface area is 136 Å². The number of hydrogen-bond donors (Lipinski definition) is 0. The highest BCUT2D eigenvalue weighted by Crippen LogP contribution is 2.35. The molecule has 1 aromatic rings. The number of nitrogens with zero attached hydrogens (tertiary/aromatic N) is 2. The van der Waals surface area contributed by atoms with Crippen molar-refractivity contribution < 1.29 is 9.53 Å². The van der Waals surface area contributed by atoms with Crippen LogP contribution in [0.1, 0.15) is 28.9 Å². The van der Waals surface area contributed by atoms with E-state index in [9.17, 15) is 4.79 Å². The maximum Gasteiger partial charge on any atom is 0.263 e. The van der Waals surface area contributed by atoms with Crippen LogP contribution in [0, 0.1) is 11.8 Å². The second kappa shape index (κ2) is 6.30. The van der Waals surface area contributed by atoms with Crippen LogP contribution in [0.25, 0.3) is 0 Å². The minimum absolute atomic E-state index is 0.209. The Morgan fingerprint density at radius 1 is 1.32 bits per heavy atom. The Hall–Kier alpha value is -0.910. The zero-order chi connectivity index (χ0) is 14.9. The lowest BCUT2D eigenvalue weighted by atomic mass is 9.84. The first-order valence-electron chi connectivity index (χ1n) is 8.48. The van der Waals surface area contributed by atoms with Gasteiger partial charge in [-0.15, -0.1) is 11.3 Å². The first kappa shape index (κ1) is 14.7. The Morgan fingerprint density at radius 2 is 2.18 bits per heavy atom. The molecule has 1 aromatic heterocycles. The van der Waals surface area contributed by atoms with E-state index in [-0.39, 0.29) is 5.91 Å². The van der Waals surface area contributed by atoms with Crippen molar-refractivity contribution in [3.05, 3.63) is 22.4 Å². The Balaban J connectivity index is 1.41. The first-order chi connectivity index (χ1) is 10.8. The molecule has 4 heterocycles. The van der Waals surface area contributed by atoms with E-state index in [0.717, 1.165) is 37.5 Å². The number of fused-ring (bicyclic) bond motifs is 1. The predicted molar refractivity (Wildman–Crippen MR) is 87.2 cm³/mol. The predicted octanol–water partition coefficient (Wildman–Crippen LogP) is 2.32. The zero-order valence-corrected chi connectivity index (χ0v) is 13.8. The average molecular weight is 320 g/mol. The van der Waals surface area contributed by atoms with Gasteiger partial charge in [0, 0.05) is 25.6 Å². The van der Waals surface area contributed by atoms with Crippen LogP contribution in [-0.4, -0.2) is 61.1 Å². The summed E-state index contributed by atoms with van der Waals surface area (Å²) in [4.78, 5) is 18.0. The molecule has 3 aliphatic rings. The molecular formula is C17H24N2O2S. The molecule has 4 rings (SSSR count). The summed E-state index contributed by atoms with van der Waals surface area (Å²) in [6.07, 6.45) is 4.06. The molecular weight excluding hydrogens is 296 g/mol. The summed E-state index contributed by atoms with van der Waals surface area (Å²) in [5, 5.41) is 1.98. The van der Waals surface area contributed by atoms with Crippen molar-refractivity contribution in [1.29, 1.82) is 0 Å². The number of rotatable bonds is 3. The van der Waals surface area contributed by atoms with Crippen LogP contribution in [-0.2, 0) is 4.74 Å². The highest BCUT2D eigenvalue weighted by Gasteiger charge is 2.42. The minimum atomic E-state index is 0.209. The molecule has 0 N–H and O–H groups in total. The standard InChI is InChI=1S/C17H24N2O2S/c20-17(16-4-3-9-22-16)19-8-5-13-12-21-15(14(13)10-19)11-18-6-1-2-7-18/h3-4,9,13-15H,1-2,5-8,10-12H2/t13-,14-,15+/m0/s1. The van der Waals surface area contributed by atoms with E-state index in [0.29, 0.717) is 17.9 Å². The summed E-state index contributed by atoms with van der Waals surface area (Å²) >= 11 is 1.55. The highest BCUT2D eigenvalue weighted by atomic mass is 32.1. The molecule has 0 unspecified atom stereocenters. The number of amides is 1. The zero-order valence-electron chi connectivity index (χ0n) is 12.9. The van der Waals surface area contributed by atoms with Gasteiger partial charge in [-0.25, -0.2) is 0 Å². The van der Waals surface area contributed by atoms with Crippen molar-refractivity contribution in [1.82, 2.24) is 9.80 Å². The van der Waals surface area contributed by atoms with Crippen molar-refractivity contribution in [2.24, 2.45) is 11.8 Å². The maximum atomic E-state index is 12.6. The minimum Gasteiger partial charge on any atom is -0.376 e. The van der Waals surface area contributed by atoms with E-state index in [1.54, 1.807) is 11.3 Å². The van der Waals surface area contributed by atoms with Gasteiger partial charge >= 0.3 is 0 Å². The van der Waals surface area contributed by atoms with Crippen LogP contribution in [0.2, 0.25) is 0 Å². The summed E-state index contributed by atoms with van der Waals surface area (Å²) in [5.74, 6) is 1.39. The number of hydrogen-bond acceptors (Lipinski definition) is 4. The lowest BCUT2D eigenvalue weighted by Gasteiger charge is -2.36. The molecule has 0 aromatic carbocycles. The Bertz CT molecular complexity index is 513. The molecule has 3 fully saturated rings. The summed E-state index contributed by atoms with van der Waals surface area (Å²) < 4.78 is 6.10. The monoisotopic (exact) mass is 320 g/mol. The molecule has 0 aliphatic carbocycles. The normalized spacial score (nSPS) is 32.4. The van der Waals surface area contributed by atoms with Gasteiger partial charge < -0.3 is 14.5 Å². The van der Waals surface area contributed by atoms with Crippen LogP contribution in [0.5, 0.6) is 0 Å². The van der Waals surface area contributed by atoms with Crippen LogP contribution in [0.15, 0.2) is 17.5 Å². The molecule has 4 nitrogen and oxygen atoms in total. The Morgan fingerprint density at radius 3 is 2.95 bits per heavy atom. The molecule has 1 amide bonds. The fraction of sp³-hybridized carbons (Fsp3) is 0.706. The topological polar surface area (TPSA) is 32.8 Å². The molecule has 3 atom stereocenters. The fourth-order valence-electron chi connectivity index (χ4n) is 4.18. The number of ether oxygens (including phenoxy) is 1. The summed E-state index contributed by atoms with van der Waals surface area (Å²) in [5.41, 5.74) is 0. The molecule has 0 saturated carbocycles. The van der Waals surface area contributed by atoms with Gasteiger partial charge in [0.1, 0.15) is 0 Å². The van der Waals surface area contributed by atoms with Gasteiger partial charge in [-0.3, -0.25) is 4.79 Å². The summed E-state index contributed by atoms with van der Waals surface area (Å²) in [7, 11) is 0. The van der Waals surface area contributed by atoms with Gasteiger partial charge in [0.05, 0.1) is 17.6 Å². The third-order valence-corrected chi connectivity index (χ3v) is 6.32. The number of carbonyl (C=O) groups is 1. The average Bonchev–Trinajstić information content (AvgIpc) is 3.29. The third-order valence-electron chi connectivity index (χ3n) is 5.46. The van der Waals surface area contributed by atoms with Crippen LogP contribution >= 0.6 is 11.3 Å². The second-order valence-electron chi connectivity index (χ2n) is 6.82. The molecule has 120 valence electrons. The lowest BCUT2D eigenvalue weighted by molar-refractivity contribution is 0.0438. The molecule has 3 aliphatic heterocycles. The van der Waals surface area contributed by atoms with Crippen molar-refractivity contribution >= 4 is 17.2 Å². The van der Waals surface area contributed by atoms with Crippen molar-refractivity contribution in [2.75, 3.05) is 39.3 Å². The molecule has 0 radical (unpaired) electrons. The Kier molecular flexibility index (Phi) is 4.20. The fourth-order valence-corrected chi connectivity index (χ4v) is 4.87. The summed E-state index contributed by atoms with van der Waals surface area (Å²) in [6.45, 7) is 6.15. The van der Waals surface area contributed by atoms with E-state index in [1.165, 1.54) is 25.9 Å². The van der Waals surface area contributed by atoms with E-state index < -0.39 is 0 Å². The van der Waals surface area contributed by atoms with Crippen LogP contribution in [0.3, 0.4) is 0 Å². The molecule has 3 saturated heterocycles. The quantitative estimate of drug-likeness (QED) is 0.857. The van der Waals surface area contributed by atoms with Gasteiger partial charge in [-0.2, -0.15) is 0 Å². The maximum absolute atomic E-state index is 12.6. The smallest absolute Gasteiger partial charge is 0.263 e. The van der Waals surface area contributed by atoms with E-state index in [2.05, 4.69) is 9.80 Å². The van der Waals surface area contributed by atoms with Crippen LogP contribution < -0.4 is 0 Å². The van der Waals surface area contributed by atoms with Gasteiger partial charge in [0.25, 0.3) is 5.91 Å². The van der Waals surface area contributed by atoms with Gasteiger partial charge in [-0.1, -0.05) is 6.07 Å².